The summed E-state index contributed by atoms with van der Waals surface area (Å²) in [5, 5.41) is 10.6. The van der Waals surface area contributed by atoms with E-state index in [9.17, 15) is 14.7 Å². The number of piperidine rings is 1. The molecule has 1 unspecified atom stereocenters. The number of likely N-dealkylation sites (tertiary alicyclic amines) is 1. The van der Waals surface area contributed by atoms with Crippen LogP contribution in [0.2, 0.25) is 0 Å². The number of aromatic nitrogens is 2. The summed E-state index contributed by atoms with van der Waals surface area (Å²) in [6.45, 7) is 4.85. The lowest BCUT2D eigenvalue weighted by Crippen LogP contribution is -2.40. The Hall–Kier alpha value is -2.47. The molecule has 0 saturated carbocycles. The summed E-state index contributed by atoms with van der Waals surface area (Å²) < 4.78 is 0. The fourth-order valence-corrected chi connectivity index (χ4v) is 3.82. The number of hydrogen-bond acceptors (Lipinski definition) is 4. The fraction of sp³-hybridized carbons (Fsp3) is 0.476. The Morgan fingerprint density at radius 3 is 2.56 bits per heavy atom. The van der Waals surface area contributed by atoms with Crippen molar-refractivity contribution < 1.29 is 9.90 Å². The summed E-state index contributed by atoms with van der Waals surface area (Å²) in [5.74, 6) is 0.816. The minimum absolute atomic E-state index is 0.0574. The maximum Gasteiger partial charge on any atom is 0.254 e. The summed E-state index contributed by atoms with van der Waals surface area (Å²) >= 11 is 0. The molecule has 0 spiro atoms. The number of H-pyrrole nitrogens is 1. The fourth-order valence-electron chi connectivity index (χ4n) is 3.82. The van der Waals surface area contributed by atoms with E-state index in [4.69, 9.17) is 0 Å². The van der Waals surface area contributed by atoms with Gasteiger partial charge in [0.2, 0.25) is 5.91 Å². The number of aliphatic hydroxyl groups is 1. The van der Waals surface area contributed by atoms with Crippen LogP contribution in [0.1, 0.15) is 48.0 Å². The van der Waals surface area contributed by atoms with Crippen LogP contribution in [0.4, 0.5) is 0 Å². The van der Waals surface area contributed by atoms with Crippen molar-refractivity contribution in [2.75, 3.05) is 13.1 Å². The van der Waals surface area contributed by atoms with Crippen LogP contribution >= 0.6 is 0 Å². The minimum atomic E-state index is -0.483. The van der Waals surface area contributed by atoms with E-state index in [-0.39, 0.29) is 17.4 Å². The number of aromatic amines is 1. The summed E-state index contributed by atoms with van der Waals surface area (Å²) in [4.78, 5) is 33.4. The van der Waals surface area contributed by atoms with E-state index in [1.54, 1.807) is 13.8 Å². The number of aliphatic hydroxyl groups excluding tert-OH is 1. The van der Waals surface area contributed by atoms with E-state index < -0.39 is 6.10 Å². The molecule has 1 aliphatic rings. The van der Waals surface area contributed by atoms with Gasteiger partial charge in [-0.15, -0.1) is 0 Å². The number of carbonyl (C=O) groups excluding carboxylic acids is 1. The number of benzene rings is 1. The van der Waals surface area contributed by atoms with Gasteiger partial charge in [-0.3, -0.25) is 9.59 Å². The second-order valence-corrected chi connectivity index (χ2v) is 7.29. The molecule has 1 fully saturated rings. The van der Waals surface area contributed by atoms with E-state index in [0.717, 1.165) is 18.4 Å². The Bertz CT molecular complexity index is 839. The lowest BCUT2D eigenvalue weighted by molar-refractivity contribution is -0.133. The first-order chi connectivity index (χ1) is 13.0. The molecule has 1 aliphatic heterocycles. The van der Waals surface area contributed by atoms with Gasteiger partial charge in [0.25, 0.3) is 5.56 Å². The first-order valence-corrected chi connectivity index (χ1v) is 9.53. The minimum Gasteiger partial charge on any atom is -0.388 e. The monoisotopic (exact) mass is 369 g/mol. The number of nitrogens with one attached hydrogen (secondary N) is 1. The first-order valence-electron chi connectivity index (χ1n) is 9.53. The SMILES string of the molecule is Cc1nc(C)c(CCC(=O)N2CCC(C(O)c3ccccc3)CC2)c(=O)[nH]1. The highest BCUT2D eigenvalue weighted by molar-refractivity contribution is 5.76. The summed E-state index contributed by atoms with van der Waals surface area (Å²) in [6.07, 6.45) is 1.80. The van der Waals surface area contributed by atoms with Crippen molar-refractivity contribution in [3.8, 4) is 0 Å². The quantitative estimate of drug-likeness (QED) is 0.847. The molecule has 6 heteroatoms. The summed E-state index contributed by atoms with van der Waals surface area (Å²) in [6, 6.07) is 9.69. The molecule has 0 radical (unpaired) electrons. The number of aryl methyl sites for hydroxylation is 2. The van der Waals surface area contributed by atoms with Crippen LogP contribution in [-0.2, 0) is 11.2 Å². The molecule has 1 aromatic heterocycles. The van der Waals surface area contributed by atoms with Gasteiger partial charge >= 0.3 is 0 Å². The number of amides is 1. The Labute approximate surface area is 159 Å². The molecule has 3 rings (SSSR count). The number of carbonyl (C=O) groups is 1. The van der Waals surface area contributed by atoms with Crippen molar-refractivity contribution in [1.82, 2.24) is 14.9 Å². The third kappa shape index (κ3) is 4.63. The molecule has 6 nitrogen and oxygen atoms in total. The molecular formula is C21H27N3O3. The van der Waals surface area contributed by atoms with Gasteiger partial charge in [-0.1, -0.05) is 30.3 Å². The lowest BCUT2D eigenvalue weighted by Gasteiger charge is -2.34. The average molecular weight is 369 g/mol. The molecule has 2 heterocycles. The van der Waals surface area contributed by atoms with Gasteiger partial charge in [-0.05, 0) is 44.6 Å². The Kier molecular flexibility index (Phi) is 6.06. The molecule has 1 saturated heterocycles. The third-order valence-corrected chi connectivity index (χ3v) is 5.41. The van der Waals surface area contributed by atoms with E-state index in [1.807, 2.05) is 35.2 Å². The third-order valence-electron chi connectivity index (χ3n) is 5.41. The van der Waals surface area contributed by atoms with Crippen molar-refractivity contribution in [2.24, 2.45) is 5.92 Å². The van der Waals surface area contributed by atoms with Gasteiger partial charge in [0.1, 0.15) is 5.82 Å². The molecule has 2 N–H and O–H groups in total. The van der Waals surface area contributed by atoms with Crippen LogP contribution in [0.15, 0.2) is 35.1 Å². The topological polar surface area (TPSA) is 86.3 Å². The van der Waals surface area contributed by atoms with E-state index >= 15 is 0 Å². The van der Waals surface area contributed by atoms with Gasteiger partial charge in [0, 0.05) is 30.8 Å². The van der Waals surface area contributed by atoms with Crippen molar-refractivity contribution in [1.29, 1.82) is 0 Å². The van der Waals surface area contributed by atoms with Gasteiger partial charge < -0.3 is 15.0 Å². The van der Waals surface area contributed by atoms with Gasteiger partial charge in [0.15, 0.2) is 0 Å². The van der Waals surface area contributed by atoms with Crippen LogP contribution < -0.4 is 5.56 Å². The standard InChI is InChI=1S/C21H27N3O3/c1-14-18(21(27)23-15(2)22-14)8-9-19(25)24-12-10-17(11-13-24)20(26)16-6-4-3-5-7-16/h3-7,17,20,26H,8-13H2,1-2H3,(H,22,23,27). The van der Waals surface area contributed by atoms with Gasteiger partial charge in [-0.2, -0.15) is 0 Å². The molecule has 144 valence electrons. The smallest absolute Gasteiger partial charge is 0.254 e. The van der Waals surface area contributed by atoms with E-state index in [0.29, 0.717) is 43.0 Å². The highest BCUT2D eigenvalue weighted by Crippen LogP contribution is 2.30. The van der Waals surface area contributed by atoms with Crippen molar-refractivity contribution in [3.05, 3.63) is 63.3 Å². The molecule has 0 aliphatic carbocycles. The second kappa shape index (κ2) is 8.48. The van der Waals surface area contributed by atoms with E-state index in [2.05, 4.69) is 9.97 Å². The molecular weight excluding hydrogens is 342 g/mol. The summed E-state index contributed by atoms with van der Waals surface area (Å²) in [7, 11) is 0. The largest absolute Gasteiger partial charge is 0.388 e. The van der Waals surface area contributed by atoms with Crippen LogP contribution in [-0.4, -0.2) is 39.0 Å². The number of rotatable bonds is 5. The maximum atomic E-state index is 12.5. The first kappa shape index (κ1) is 19.3. The predicted octanol–water partition coefficient (Wildman–Crippen LogP) is 2.29. The Morgan fingerprint density at radius 1 is 1.26 bits per heavy atom. The van der Waals surface area contributed by atoms with Crippen molar-refractivity contribution in [3.63, 3.8) is 0 Å². The lowest BCUT2D eigenvalue weighted by atomic mass is 9.87. The molecule has 1 atom stereocenters. The van der Waals surface area contributed by atoms with Crippen LogP contribution in [0.25, 0.3) is 0 Å². The zero-order chi connectivity index (χ0) is 19.4. The van der Waals surface area contributed by atoms with Gasteiger partial charge in [0.05, 0.1) is 6.10 Å². The summed E-state index contributed by atoms with van der Waals surface area (Å²) in [5.41, 5.74) is 2.05. The Balaban J connectivity index is 1.52. The molecule has 1 aromatic carbocycles. The number of hydrogen-bond donors (Lipinski definition) is 2. The van der Waals surface area contributed by atoms with Crippen LogP contribution in [0, 0.1) is 19.8 Å². The molecule has 1 amide bonds. The van der Waals surface area contributed by atoms with Crippen LogP contribution in [0.3, 0.4) is 0 Å². The number of nitrogens with zero attached hydrogens (tertiary/aromatic N) is 2. The van der Waals surface area contributed by atoms with Crippen molar-refractivity contribution >= 4 is 5.91 Å². The maximum absolute atomic E-state index is 12.5. The highest BCUT2D eigenvalue weighted by atomic mass is 16.3. The second-order valence-electron chi connectivity index (χ2n) is 7.29. The van der Waals surface area contributed by atoms with Crippen molar-refractivity contribution in [2.45, 2.75) is 45.6 Å². The van der Waals surface area contributed by atoms with E-state index in [1.165, 1.54) is 0 Å². The highest BCUT2D eigenvalue weighted by Gasteiger charge is 2.28. The zero-order valence-corrected chi connectivity index (χ0v) is 15.9. The zero-order valence-electron chi connectivity index (χ0n) is 15.9. The Morgan fingerprint density at radius 2 is 1.93 bits per heavy atom. The molecule has 0 bridgehead atoms. The normalized spacial score (nSPS) is 16.3. The average Bonchev–Trinajstić information content (AvgIpc) is 2.67. The molecule has 27 heavy (non-hydrogen) atoms. The van der Waals surface area contributed by atoms with Gasteiger partial charge in [-0.25, -0.2) is 4.98 Å². The van der Waals surface area contributed by atoms with Crippen LogP contribution in [0.5, 0.6) is 0 Å². The predicted molar refractivity (Wildman–Crippen MR) is 103 cm³/mol. The molecule has 2 aromatic rings.